The number of aromatic amines is 1. The highest BCUT2D eigenvalue weighted by molar-refractivity contribution is 6.33. The lowest BCUT2D eigenvalue weighted by Gasteiger charge is -2.23. The number of fused-ring (bicyclic) bond motifs is 1. The molecule has 0 radical (unpaired) electrons. The van der Waals surface area contributed by atoms with E-state index >= 15 is 0 Å². The summed E-state index contributed by atoms with van der Waals surface area (Å²) in [5.41, 5.74) is 0.604. The molecule has 0 spiro atoms. The van der Waals surface area contributed by atoms with Crippen molar-refractivity contribution < 1.29 is 14.3 Å². The van der Waals surface area contributed by atoms with Gasteiger partial charge in [0, 0.05) is 12.1 Å². The zero-order valence-electron chi connectivity index (χ0n) is 16.4. The smallest absolute Gasteiger partial charge is 0.258 e. The van der Waals surface area contributed by atoms with Gasteiger partial charge in [0.25, 0.3) is 5.56 Å². The Morgan fingerprint density at radius 3 is 2.61 bits per heavy atom. The Bertz CT molecular complexity index is 1210. The predicted molar refractivity (Wildman–Crippen MR) is 117 cm³/mol. The largest absolute Gasteiger partial charge is 0.497 e. The third-order valence-corrected chi connectivity index (χ3v) is 5.08. The van der Waals surface area contributed by atoms with Gasteiger partial charge in [-0.25, -0.2) is 0 Å². The van der Waals surface area contributed by atoms with Crippen molar-refractivity contribution in [3.8, 4) is 5.75 Å². The van der Waals surface area contributed by atoms with Crippen LogP contribution in [0.4, 0.5) is 23.1 Å². The maximum atomic E-state index is 12.9. The molecule has 1 atom stereocenters. The first-order valence-electron chi connectivity index (χ1n) is 9.35. The average molecular weight is 440 g/mol. The van der Waals surface area contributed by atoms with E-state index in [1.165, 1.54) is 0 Å². The highest BCUT2D eigenvalue weighted by Crippen LogP contribution is 2.31. The molecule has 158 valence electrons. The number of anilines is 4. The minimum atomic E-state index is -1.01. The van der Waals surface area contributed by atoms with Crippen LogP contribution in [-0.4, -0.2) is 28.9 Å². The summed E-state index contributed by atoms with van der Waals surface area (Å²) in [6.45, 7) is 0. The van der Waals surface area contributed by atoms with E-state index in [2.05, 4.69) is 25.9 Å². The zero-order valence-corrected chi connectivity index (χ0v) is 17.1. The lowest BCUT2D eigenvalue weighted by atomic mass is 9.92. The number of hydrogen-bond acceptors (Lipinski definition) is 6. The number of rotatable bonds is 5. The first-order valence-corrected chi connectivity index (χ1v) is 9.73. The second-order valence-electron chi connectivity index (χ2n) is 6.80. The molecule has 3 aromatic rings. The molecule has 2 heterocycles. The van der Waals surface area contributed by atoms with Crippen LogP contribution in [0.1, 0.15) is 17.9 Å². The van der Waals surface area contributed by atoms with E-state index < -0.39 is 23.3 Å². The van der Waals surface area contributed by atoms with Crippen LogP contribution in [0.2, 0.25) is 5.02 Å². The number of carbonyl (C=O) groups is 2. The number of nitrogens with zero attached hydrogens (tertiary/aromatic N) is 1. The number of nitrogens with one attached hydrogen (secondary N) is 4. The lowest BCUT2D eigenvalue weighted by molar-refractivity contribution is -0.123. The SMILES string of the molecule is COc1ccc(Nc2nc3c(c(=O)[nH]2)[C@H](C(=O)Nc2ccccc2Cl)CC(=O)N3)cc1. The molecule has 0 aliphatic carbocycles. The molecule has 2 aromatic carbocycles. The Hall–Kier alpha value is -3.85. The number of carbonyl (C=O) groups excluding carboxylic acids is 2. The highest BCUT2D eigenvalue weighted by Gasteiger charge is 2.35. The van der Waals surface area contributed by atoms with Gasteiger partial charge in [0.15, 0.2) is 0 Å². The number of hydrogen-bond donors (Lipinski definition) is 4. The van der Waals surface area contributed by atoms with Crippen LogP contribution in [-0.2, 0) is 9.59 Å². The molecule has 4 N–H and O–H groups in total. The highest BCUT2D eigenvalue weighted by atomic mass is 35.5. The van der Waals surface area contributed by atoms with E-state index in [1.807, 2.05) is 0 Å². The molecule has 1 aromatic heterocycles. The topological polar surface area (TPSA) is 125 Å². The Kier molecular flexibility index (Phi) is 5.59. The van der Waals surface area contributed by atoms with Crippen LogP contribution in [0, 0.1) is 0 Å². The molecule has 10 heteroatoms. The minimum absolute atomic E-state index is 0.0373. The number of halogens is 1. The van der Waals surface area contributed by atoms with Crippen LogP contribution in [0.25, 0.3) is 0 Å². The van der Waals surface area contributed by atoms with Gasteiger partial charge in [-0.2, -0.15) is 4.98 Å². The average Bonchev–Trinajstić information content (AvgIpc) is 2.75. The van der Waals surface area contributed by atoms with Crippen molar-refractivity contribution in [2.24, 2.45) is 0 Å². The van der Waals surface area contributed by atoms with Gasteiger partial charge in [-0.15, -0.1) is 0 Å². The second kappa shape index (κ2) is 8.49. The quantitative estimate of drug-likeness (QED) is 0.483. The summed E-state index contributed by atoms with van der Waals surface area (Å²) in [5, 5.41) is 8.55. The molecule has 0 unspecified atom stereocenters. The fraction of sp³-hybridized carbons (Fsp3) is 0.143. The standard InChI is InChI=1S/C21H18ClN5O4/c1-31-12-8-6-11(7-9-12)23-21-26-18-17(20(30)27-21)13(10-16(28)25-18)19(29)24-15-5-3-2-4-14(15)22/h2-9,13H,10H2,1H3,(H,24,29)(H3,23,25,26,27,28,30)/t13-/m1/s1. The van der Waals surface area contributed by atoms with Crippen LogP contribution in [0.15, 0.2) is 53.3 Å². The van der Waals surface area contributed by atoms with Gasteiger partial charge in [0.05, 0.1) is 29.3 Å². The van der Waals surface area contributed by atoms with E-state index in [0.29, 0.717) is 22.1 Å². The first-order chi connectivity index (χ1) is 14.9. The van der Waals surface area contributed by atoms with Crippen LogP contribution in [0.5, 0.6) is 5.75 Å². The molecule has 2 amide bonds. The van der Waals surface area contributed by atoms with Crippen LogP contribution < -0.4 is 26.2 Å². The summed E-state index contributed by atoms with van der Waals surface area (Å²) in [4.78, 5) is 44.8. The van der Waals surface area contributed by atoms with E-state index in [0.717, 1.165) is 0 Å². The van der Waals surface area contributed by atoms with E-state index in [9.17, 15) is 14.4 Å². The van der Waals surface area contributed by atoms with Crippen molar-refractivity contribution in [3.05, 3.63) is 69.5 Å². The van der Waals surface area contributed by atoms with Gasteiger partial charge >= 0.3 is 0 Å². The number of methoxy groups -OCH3 is 1. The van der Waals surface area contributed by atoms with Crippen molar-refractivity contribution in [3.63, 3.8) is 0 Å². The summed E-state index contributed by atoms with van der Waals surface area (Å²) in [5.74, 6) is -1.10. The number of para-hydroxylation sites is 1. The maximum Gasteiger partial charge on any atom is 0.258 e. The first kappa shape index (κ1) is 20.4. The number of ether oxygens (including phenoxy) is 1. The molecule has 0 fully saturated rings. The summed E-state index contributed by atoms with van der Waals surface area (Å²) < 4.78 is 5.11. The molecular weight excluding hydrogens is 422 g/mol. The third-order valence-electron chi connectivity index (χ3n) is 4.75. The van der Waals surface area contributed by atoms with Gasteiger partial charge in [0.2, 0.25) is 17.8 Å². The van der Waals surface area contributed by atoms with Gasteiger partial charge in [-0.3, -0.25) is 19.4 Å². The zero-order chi connectivity index (χ0) is 22.0. The Morgan fingerprint density at radius 1 is 1.16 bits per heavy atom. The molecule has 0 saturated heterocycles. The maximum absolute atomic E-state index is 12.9. The van der Waals surface area contributed by atoms with Crippen LogP contribution in [0.3, 0.4) is 0 Å². The third kappa shape index (κ3) is 4.36. The fourth-order valence-corrected chi connectivity index (χ4v) is 3.43. The Morgan fingerprint density at radius 2 is 1.90 bits per heavy atom. The molecule has 4 rings (SSSR count). The Labute approximate surface area is 181 Å². The van der Waals surface area contributed by atoms with Gasteiger partial charge in [0.1, 0.15) is 11.6 Å². The lowest BCUT2D eigenvalue weighted by Crippen LogP contribution is -2.36. The minimum Gasteiger partial charge on any atom is -0.497 e. The molecule has 9 nitrogen and oxygen atoms in total. The summed E-state index contributed by atoms with van der Waals surface area (Å²) >= 11 is 6.09. The van der Waals surface area contributed by atoms with Crippen molar-refractivity contribution >= 4 is 46.6 Å². The molecular formula is C21H18ClN5O4. The number of benzene rings is 2. The fourth-order valence-electron chi connectivity index (χ4n) is 3.25. The summed E-state index contributed by atoms with van der Waals surface area (Å²) in [6.07, 6.45) is -0.181. The Balaban J connectivity index is 1.62. The van der Waals surface area contributed by atoms with Gasteiger partial charge in [-0.05, 0) is 36.4 Å². The molecule has 0 bridgehead atoms. The number of H-pyrrole nitrogens is 1. The van der Waals surface area contributed by atoms with Gasteiger partial charge in [-0.1, -0.05) is 23.7 Å². The van der Waals surface area contributed by atoms with Crippen molar-refractivity contribution in [1.29, 1.82) is 0 Å². The van der Waals surface area contributed by atoms with Crippen molar-refractivity contribution in [2.45, 2.75) is 12.3 Å². The summed E-state index contributed by atoms with van der Waals surface area (Å²) in [7, 11) is 1.56. The van der Waals surface area contributed by atoms with Crippen molar-refractivity contribution in [2.75, 3.05) is 23.1 Å². The molecule has 1 aliphatic heterocycles. The number of aromatic nitrogens is 2. The molecule has 31 heavy (non-hydrogen) atoms. The predicted octanol–water partition coefficient (Wildman–Crippen LogP) is 3.24. The van der Waals surface area contributed by atoms with E-state index in [-0.39, 0.29) is 23.8 Å². The normalized spacial score (nSPS) is 14.9. The monoisotopic (exact) mass is 439 g/mol. The molecule has 1 aliphatic rings. The molecule has 0 saturated carbocycles. The van der Waals surface area contributed by atoms with E-state index in [4.69, 9.17) is 16.3 Å². The van der Waals surface area contributed by atoms with E-state index in [1.54, 1.807) is 55.6 Å². The van der Waals surface area contributed by atoms with Crippen LogP contribution >= 0.6 is 11.6 Å². The van der Waals surface area contributed by atoms with Crippen molar-refractivity contribution in [1.82, 2.24) is 9.97 Å². The summed E-state index contributed by atoms with van der Waals surface area (Å²) in [6, 6.07) is 13.7. The van der Waals surface area contributed by atoms with Gasteiger partial charge < -0.3 is 20.7 Å². The number of amides is 2. The second-order valence-corrected chi connectivity index (χ2v) is 7.21.